The van der Waals surface area contributed by atoms with Crippen LogP contribution >= 0.6 is 0 Å². The molecular weight excluding hydrogens is 176 g/mol. The second kappa shape index (κ2) is 6.02. The Morgan fingerprint density at radius 3 is 2.00 bits per heavy atom. The highest BCUT2D eigenvalue weighted by Crippen LogP contribution is 2.07. The van der Waals surface area contributed by atoms with Crippen LogP contribution in [0.5, 0.6) is 0 Å². The van der Waals surface area contributed by atoms with E-state index in [1.807, 2.05) is 25.7 Å². The second-order valence-electron chi connectivity index (χ2n) is 4.72. The van der Waals surface area contributed by atoms with Gasteiger partial charge in [0.2, 0.25) is 5.91 Å². The van der Waals surface area contributed by atoms with Crippen molar-refractivity contribution in [3.05, 3.63) is 0 Å². The Kier molecular flexibility index (Phi) is 5.77. The van der Waals surface area contributed by atoms with Gasteiger partial charge in [0.25, 0.3) is 0 Å². The first-order valence-corrected chi connectivity index (χ1v) is 5.39. The molecule has 3 heteroatoms. The average molecular weight is 200 g/mol. The van der Waals surface area contributed by atoms with Gasteiger partial charge < -0.3 is 10.6 Å². The van der Waals surface area contributed by atoms with Crippen LogP contribution in [0.1, 0.15) is 41.0 Å². The zero-order valence-electron chi connectivity index (χ0n) is 10.1. The lowest BCUT2D eigenvalue weighted by atomic mass is 10.1. The number of carbonyl (C=O) groups is 1. The molecule has 0 bridgehead atoms. The summed E-state index contributed by atoms with van der Waals surface area (Å²) in [5.41, 5.74) is 5.61. The van der Waals surface area contributed by atoms with Crippen LogP contribution in [0.3, 0.4) is 0 Å². The fourth-order valence-electron chi connectivity index (χ4n) is 1.39. The maximum atomic E-state index is 11.8. The van der Waals surface area contributed by atoms with Crippen LogP contribution in [-0.4, -0.2) is 29.4 Å². The van der Waals surface area contributed by atoms with E-state index in [0.29, 0.717) is 12.3 Å². The van der Waals surface area contributed by atoms with E-state index in [2.05, 4.69) is 13.8 Å². The number of carbonyl (C=O) groups excluding carboxylic acids is 1. The largest absolute Gasteiger partial charge is 0.340 e. The molecule has 14 heavy (non-hydrogen) atoms. The van der Waals surface area contributed by atoms with Crippen LogP contribution in [0.2, 0.25) is 0 Å². The molecule has 0 aromatic carbocycles. The maximum absolute atomic E-state index is 11.8. The molecule has 1 atom stereocenters. The van der Waals surface area contributed by atoms with Crippen LogP contribution in [-0.2, 0) is 4.79 Å². The number of hydrogen-bond donors (Lipinski definition) is 1. The van der Waals surface area contributed by atoms with Gasteiger partial charge in [0, 0.05) is 25.0 Å². The Morgan fingerprint density at radius 1 is 1.21 bits per heavy atom. The highest BCUT2D eigenvalue weighted by atomic mass is 16.2. The third-order valence-corrected chi connectivity index (χ3v) is 2.00. The first-order valence-electron chi connectivity index (χ1n) is 5.39. The number of nitrogens with zero attached hydrogens (tertiary/aromatic N) is 1. The molecule has 0 aliphatic rings. The predicted octanol–water partition coefficient (Wildman–Crippen LogP) is 1.62. The van der Waals surface area contributed by atoms with E-state index < -0.39 is 0 Å². The summed E-state index contributed by atoms with van der Waals surface area (Å²) in [4.78, 5) is 13.7. The Bertz CT molecular complexity index is 176. The van der Waals surface area contributed by atoms with Gasteiger partial charge in [0.1, 0.15) is 0 Å². The Morgan fingerprint density at radius 2 is 1.71 bits per heavy atom. The molecule has 0 saturated carbocycles. The number of rotatable bonds is 5. The van der Waals surface area contributed by atoms with Crippen molar-refractivity contribution in [1.29, 1.82) is 0 Å². The van der Waals surface area contributed by atoms with Crippen molar-refractivity contribution in [1.82, 2.24) is 4.90 Å². The molecule has 1 unspecified atom stereocenters. The molecule has 0 aliphatic heterocycles. The van der Waals surface area contributed by atoms with E-state index in [1.165, 1.54) is 0 Å². The van der Waals surface area contributed by atoms with Crippen molar-refractivity contribution >= 4 is 5.91 Å². The van der Waals surface area contributed by atoms with Gasteiger partial charge >= 0.3 is 0 Å². The molecular formula is C11H24N2O. The van der Waals surface area contributed by atoms with E-state index in [9.17, 15) is 4.79 Å². The normalized spacial score (nSPS) is 13.4. The molecule has 0 aromatic heterocycles. The summed E-state index contributed by atoms with van der Waals surface area (Å²) in [5.74, 6) is 0.679. The van der Waals surface area contributed by atoms with Crippen LogP contribution in [0, 0.1) is 5.92 Å². The Balaban J connectivity index is 4.26. The van der Waals surface area contributed by atoms with Crippen LogP contribution < -0.4 is 5.73 Å². The van der Waals surface area contributed by atoms with Gasteiger partial charge in [0.05, 0.1) is 0 Å². The minimum absolute atomic E-state index is 0.0455. The molecule has 0 spiro atoms. The number of hydrogen-bond acceptors (Lipinski definition) is 2. The monoisotopic (exact) mass is 200 g/mol. The third kappa shape index (κ3) is 5.22. The molecule has 0 aromatic rings. The van der Waals surface area contributed by atoms with E-state index in [4.69, 9.17) is 5.73 Å². The lowest BCUT2D eigenvalue weighted by Crippen LogP contribution is -2.41. The van der Waals surface area contributed by atoms with Crippen molar-refractivity contribution in [3.63, 3.8) is 0 Å². The minimum atomic E-state index is -0.0455. The first-order chi connectivity index (χ1) is 6.34. The first kappa shape index (κ1) is 13.4. The van der Waals surface area contributed by atoms with Crippen LogP contribution in [0.4, 0.5) is 0 Å². The summed E-state index contributed by atoms with van der Waals surface area (Å²) in [6.07, 6.45) is 0.449. The van der Waals surface area contributed by atoms with Crippen LogP contribution in [0.25, 0.3) is 0 Å². The van der Waals surface area contributed by atoms with Gasteiger partial charge in [-0.25, -0.2) is 0 Å². The standard InChI is InChI=1S/C11H24N2O/c1-8(2)7-13(9(3)4)11(14)6-10(5)12/h8-10H,6-7,12H2,1-5H3. The molecule has 84 valence electrons. The van der Waals surface area contributed by atoms with Crippen molar-refractivity contribution in [2.45, 2.75) is 53.1 Å². The van der Waals surface area contributed by atoms with Gasteiger partial charge in [-0.2, -0.15) is 0 Å². The minimum Gasteiger partial charge on any atom is -0.340 e. The zero-order valence-corrected chi connectivity index (χ0v) is 10.1. The molecule has 0 saturated heterocycles. The topological polar surface area (TPSA) is 46.3 Å². The molecule has 0 aliphatic carbocycles. The van der Waals surface area contributed by atoms with E-state index in [-0.39, 0.29) is 18.0 Å². The quantitative estimate of drug-likeness (QED) is 0.733. The fraction of sp³-hybridized carbons (Fsp3) is 0.909. The smallest absolute Gasteiger partial charge is 0.224 e. The number of nitrogens with two attached hydrogens (primary N) is 1. The fourth-order valence-corrected chi connectivity index (χ4v) is 1.39. The highest BCUT2D eigenvalue weighted by molar-refractivity contribution is 5.77. The Hall–Kier alpha value is -0.570. The summed E-state index contributed by atoms with van der Waals surface area (Å²) in [5, 5.41) is 0. The molecule has 0 radical (unpaired) electrons. The predicted molar refractivity (Wildman–Crippen MR) is 60.0 cm³/mol. The summed E-state index contributed by atoms with van der Waals surface area (Å²) >= 11 is 0. The van der Waals surface area contributed by atoms with E-state index in [0.717, 1.165) is 6.54 Å². The summed E-state index contributed by atoms with van der Waals surface area (Å²) in [6.45, 7) is 11.0. The lowest BCUT2D eigenvalue weighted by molar-refractivity contribution is -0.133. The van der Waals surface area contributed by atoms with Crippen molar-refractivity contribution in [2.75, 3.05) is 6.54 Å². The van der Waals surface area contributed by atoms with Crippen molar-refractivity contribution < 1.29 is 4.79 Å². The molecule has 0 heterocycles. The lowest BCUT2D eigenvalue weighted by Gasteiger charge is -2.29. The highest BCUT2D eigenvalue weighted by Gasteiger charge is 2.18. The van der Waals surface area contributed by atoms with Gasteiger partial charge in [0.15, 0.2) is 0 Å². The Labute approximate surface area is 87.6 Å². The van der Waals surface area contributed by atoms with Gasteiger partial charge in [-0.3, -0.25) is 4.79 Å². The van der Waals surface area contributed by atoms with Gasteiger partial charge in [-0.1, -0.05) is 13.8 Å². The van der Waals surface area contributed by atoms with Crippen LogP contribution in [0.15, 0.2) is 0 Å². The van der Waals surface area contributed by atoms with Crippen molar-refractivity contribution in [2.24, 2.45) is 11.7 Å². The van der Waals surface area contributed by atoms with Gasteiger partial charge in [-0.15, -0.1) is 0 Å². The molecule has 0 fully saturated rings. The molecule has 0 rings (SSSR count). The van der Waals surface area contributed by atoms with E-state index in [1.54, 1.807) is 0 Å². The molecule has 3 nitrogen and oxygen atoms in total. The molecule has 2 N–H and O–H groups in total. The summed E-state index contributed by atoms with van der Waals surface area (Å²) in [6, 6.07) is 0.222. The zero-order chi connectivity index (χ0) is 11.3. The molecule has 1 amide bonds. The van der Waals surface area contributed by atoms with Crippen molar-refractivity contribution in [3.8, 4) is 0 Å². The summed E-state index contributed by atoms with van der Waals surface area (Å²) in [7, 11) is 0. The number of amides is 1. The third-order valence-electron chi connectivity index (χ3n) is 2.00. The van der Waals surface area contributed by atoms with E-state index >= 15 is 0 Å². The average Bonchev–Trinajstić information content (AvgIpc) is 1.97. The maximum Gasteiger partial charge on any atom is 0.224 e. The van der Waals surface area contributed by atoms with Gasteiger partial charge in [-0.05, 0) is 26.7 Å². The SMILES string of the molecule is CC(C)CN(C(=O)CC(C)N)C(C)C. The second-order valence-corrected chi connectivity index (χ2v) is 4.72. The summed E-state index contributed by atoms with van der Waals surface area (Å²) < 4.78 is 0.